The Balaban J connectivity index is 2.37. The van der Waals surface area contributed by atoms with Crippen LogP contribution in [-0.2, 0) is 6.54 Å². The standard InChI is InChI=1S/C10H8BrClN2O3/c1-16-8-9(12)13-5-14(10(8)15)4-6-2-3-7(11)17-6/h2-3,5H,4H2,1H3. The quantitative estimate of drug-likeness (QED) is 0.815. The first-order valence-electron chi connectivity index (χ1n) is 4.65. The largest absolute Gasteiger partial charge is 0.489 e. The fourth-order valence-electron chi connectivity index (χ4n) is 1.34. The summed E-state index contributed by atoms with van der Waals surface area (Å²) in [6.45, 7) is 0.269. The van der Waals surface area contributed by atoms with Crippen molar-refractivity contribution in [3.63, 3.8) is 0 Å². The topological polar surface area (TPSA) is 57.3 Å². The van der Waals surface area contributed by atoms with Crippen molar-refractivity contribution in [3.8, 4) is 5.75 Å². The van der Waals surface area contributed by atoms with E-state index in [1.54, 1.807) is 12.1 Å². The number of nitrogens with zero attached hydrogens (tertiary/aromatic N) is 2. The van der Waals surface area contributed by atoms with Gasteiger partial charge in [-0.2, -0.15) is 0 Å². The molecule has 0 aliphatic heterocycles. The molecule has 0 spiro atoms. The van der Waals surface area contributed by atoms with Crippen molar-refractivity contribution in [2.24, 2.45) is 0 Å². The molecule has 0 fully saturated rings. The van der Waals surface area contributed by atoms with Crippen LogP contribution in [0.15, 0.2) is 32.3 Å². The van der Waals surface area contributed by atoms with Gasteiger partial charge in [0.2, 0.25) is 5.75 Å². The summed E-state index contributed by atoms with van der Waals surface area (Å²) in [5.74, 6) is 0.657. The van der Waals surface area contributed by atoms with Gasteiger partial charge in [0.05, 0.1) is 20.0 Å². The lowest BCUT2D eigenvalue weighted by Gasteiger charge is -2.06. The van der Waals surface area contributed by atoms with Gasteiger partial charge in [0.25, 0.3) is 5.56 Å². The van der Waals surface area contributed by atoms with Gasteiger partial charge in [0.15, 0.2) is 9.82 Å². The van der Waals surface area contributed by atoms with Gasteiger partial charge in [-0.25, -0.2) is 4.98 Å². The van der Waals surface area contributed by atoms with Crippen LogP contribution in [0.3, 0.4) is 0 Å². The van der Waals surface area contributed by atoms with Gasteiger partial charge in [-0.05, 0) is 28.1 Å². The molecule has 0 saturated heterocycles. The van der Waals surface area contributed by atoms with E-state index in [-0.39, 0.29) is 23.0 Å². The Kier molecular flexibility index (Phi) is 3.54. The van der Waals surface area contributed by atoms with Gasteiger partial charge >= 0.3 is 0 Å². The van der Waals surface area contributed by atoms with E-state index in [4.69, 9.17) is 20.8 Å². The fourth-order valence-corrected chi connectivity index (χ4v) is 1.88. The Hall–Kier alpha value is -1.27. The van der Waals surface area contributed by atoms with Crippen LogP contribution in [0.25, 0.3) is 0 Å². The molecule has 2 aromatic heterocycles. The number of hydrogen-bond acceptors (Lipinski definition) is 4. The summed E-state index contributed by atoms with van der Waals surface area (Å²) in [6.07, 6.45) is 1.35. The van der Waals surface area contributed by atoms with E-state index < -0.39 is 0 Å². The van der Waals surface area contributed by atoms with Gasteiger partial charge in [0, 0.05) is 0 Å². The summed E-state index contributed by atoms with van der Waals surface area (Å²) in [5.41, 5.74) is -0.347. The van der Waals surface area contributed by atoms with Gasteiger partial charge in [-0.15, -0.1) is 0 Å². The van der Waals surface area contributed by atoms with Gasteiger partial charge in [0.1, 0.15) is 5.76 Å². The summed E-state index contributed by atoms with van der Waals surface area (Å²) in [6, 6.07) is 3.51. The van der Waals surface area contributed by atoms with E-state index in [0.717, 1.165) is 0 Å². The molecule has 0 aliphatic rings. The molecule has 2 aromatic rings. The summed E-state index contributed by atoms with van der Waals surface area (Å²) < 4.78 is 12.2. The third-order valence-electron chi connectivity index (χ3n) is 2.11. The first-order chi connectivity index (χ1) is 8.11. The minimum Gasteiger partial charge on any atom is -0.489 e. The highest BCUT2D eigenvalue weighted by molar-refractivity contribution is 9.10. The average molecular weight is 320 g/mol. The smallest absolute Gasteiger partial charge is 0.297 e. The van der Waals surface area contributed by atoms with E-state index >= 15 is 0 Å². The van der Waals surface area contributed by atoms with E-state index in [9.17, 15) is 4.79 Å². The molecule has 0 aliphatic carbocycles. The molecule has 2 rings (SSSR count). The molecule has 7 heteroatoms. The summed E-state index contributed by atoms with van der Waals surface area (Å²) >= 11 is 8.92. The molecule has 0 bridgehead atoms. The number of rotatable bonds is 3. The second kappa shape index (κ2) is 4.93. The Morgan fingerprint density at radius 3 is 2.94 bits per heavy atom. The molecular formula is C10H8BrClN2O3. The Labute approximate surface area is 110 Å². The molecule has 0 atom stereocenters. The number of aromatic nitrogens is 2. The first kappa shape index (κ1) is 12.2. The maximum atomic E-state index is 11.9. The van der Waals surface area contributed by atoms with Gasteiger partial charge < -0.3 is 9.15 Å². The highest BCUT2D eigenvalue weighted by Crippen LogP contribution is 2.17. The monoisotopic (exact) mass is 318 g/mol. The van der Waals surface area contributed by atoms with Crippen molar-refractivity contribution in [2.75, 3.05) is 7.11 Å². The molecule has 0 unspecified atom stereocenters. The summed E-state index contributed by atoms with van der Waals surface area (Å²) in [4.78, 5) is 15.8. The molecule has 5 nitrogen and oxygen atoms in total. The zero-order valence-electron chi connectivity index (χ0n) is 8.81. The van der Waals surface area contributed by atoms with Crippen LogP contribution >= 0.6 is 27.5 Å². The van der Waals surface area contributed by atoms with E-state index in [1.165, 1.54) is 18.0 Å². The van der Waals surface area contributed by atoms with Crippen LogP contribution < -0.4 is 10.3 Å². The van der Waals surface area contributed by atoms with Crippen LogP contribution in [0.5, 0.6) is 5.75 Å². The summed E-state index contributed by atoms with van der Waals surface area (Å²) in [5, 5.41) is 0.0503. The molecule has 90 valence electrons. The highest BCUT2D eigenvalue weighted by Gasteiger charge is 2.11. The number of furan rings is 1. The SMILES string of the molecule is COc1c(Cl)ncn(Cc2ccc(Br)o2)c1=O. The predicted molar refractivity (Wildman–Crippen MR) is 65.6 cm³/mol. The van der Waals surface area contributed by atoms with E-state index in [1.807, 2.05) is 0 Å². The Morgan fingerprint density at radius 2 is 2.35 bits per heavy atom. The third kappa shape index (κ3) is 2.53. The first-order valence-corrected chi connectivity index (χ1v) is 5.82. The van der Waals surface area contributed by atoms with E-state index in [0.29, 0.717) is 10.4 Å². The lowest BCUT2D eigenvalue weighted by atomic mass is 10.4. The van der Waals surface area contributed by atoms with Crippen molar-refractivity contribution < 1.29 is 9.15 Å². The minimum absolute atomic E-state index is 0.0276. The van der Waals surface area contributed by atoms with Crippen molar-refractivity contribution >= 4 is 27.5 Å². The molecule has 0 aromatic carbocycles. The van der Waals surface area contributed by atoms with Crippen molar-refractivity contribution in [2.45, 2.75) is 6.54 Å². The lowest BCUT2D eigenvalue weighted by Crippen LogP contribution is -2.22. The molecular weight excluding hydrogens is 311 g/mol. The van der Waals surface area contributed by atoms with Crippen LogP contribution in [0.2, 0.25) is 5.15 Å². The van der Waals surface area contributed by atoms with Crippen molar-refractivity contribution in [3.05, 3.63) is 44.4 Å². The Bertz CT molecular complexity index is 593. The van der Waals surface area contributed by atoms with Crippen LogP contribution in [-0.4, -0.2) is 16.7 Å². The minimum atomic E-state index is -0.347. The lowest BCUT2D eigenvalue weighted by molar-refractivity contribution is 0.397. The zero-order valence-corrected chi connectivity index (χ0v) is 11.2. The van der Waals surface area contributed by atoms with E-state index in [2.05, 4.69) is 20.9 Å². The van der Waals surface area contributed by atoms with Crippen LogP contribution in [0.1, 0.15) is 5.76 Å². The second-order valence-corrected chi connectivity index (χ2v) is 4.35. The van der Waals surface area contributed by atoms with Crippen LogP contribution in [0.4, 0.5) is 0 Å². The fraction of sp³-hybridized carbons (Fsp3) is 0.200. The molecule has 0 N–H and O–H groups in total. The second-order valence-electron chi connectivity index (χ2n) is 3.21. The van der Waals surface area contributed by atoms with Crippen molar-refractivity contribution in [1.82, 2.24) is 9.55 Å². The molecule has 17 heavy (non-hydrogen) atoms. The molecule has 2 heterocycles. The highest BCUT2D eigenvalue weighted by atomic mass is 79.9. The maximum absolute atomic E-state index is 11.9. The maximum Gasteiger partial charge on any atom is 0.297 e. The predicted octanol–water partition coefficient (Wildman–Crippen LogP) is 2.31. The van der Waals surface area contributed by atoms with Crippen LogP contribution in [0, 0.1) is 0 Å². The van der Waals surface area contributed by atoms with Crippen molar-refractivity contribution in [1.29, 1.82) is 0 Å². The third-order valence-corrected chi connectivity index (χ3v) is 2.81. The number of halogens is 2. The molecule has 0 amide bonds. The number of methoxy groups -OCH3 is 1. The molecule has 0 saturated carbocycles. The zero-order chi connectivity index (χ0) is 12.4. The van der Waals surface area contributed by atoms with Gasteiger partial charge in [-0.3, -0.25) is 9.36 Å². The normalized spacial score (nSPS) is 10.5. The Morgan fingerprint density at radius 1 is 1.59 bits per heavy atom. The number of hydrogen-bond donors (Lipinski definition) is 0. The summed E-state index contributed by atoms with van der Waals surface area (Å²) in [7, 11) is 1.37. The number of ether oxygens (including phenoxy) is 1. The average Bonchev–Trinajstić information content (AvgIpc) is 2.69. The van der Waals surface area contributed by atoms with Gasteiger partial charge in [-0.1, -0.05) is 11.6 Å². The molecule has 0 radical (unpaired) electrons.